The van der Waals surface area contributed by atoms with Crippen LogP contribution in [-0.2, 0) is 11.8 Å². The summed E-state index contributed by atoms with van der Waals surface area (Å²) in [6.45, 7) is 0.885. The zero-order valence-corrected chi connectivity index (χ0v) is 18.4. The lowest BCUT2D eigenvalue weighted by Gasteiger charge is -2.33. The lowest BCUT2D eigenvalue weighted by Crippen LogP contribution is -2.46. The summed E-state index contributed by atoms with van der Waals surface area (Å²) >= 11 is 6.04. The maximum Gasteiger partial charge on any atom is 0.253 e. The first-order chi connectivity index (χ1) is 15.4. The Hall–Kier alpha value is -3.19. The Balaban J connectivity index is 1.50. The Morgan fingerprint density at radius 3 is 2.53 bits per heavy atom. The molecule has 0 saturated carbocycles. The number of nitrogens with zero attached hydrogens (tertiary/aromatic N) is 3. The monoisotopic (exact) mass is 454 g/mol. The van der Waals surface area contributed by atoms with E-state index < -0.39 is 6.04 Å². The largest absolute Gasteiger partial charge is 0.342 e. The summed E-state index contributed by atoms with van der Waals surface area (Å²) in [5.74, 6) is -0.357. The van der Waals surface area contributed by atoms with Crippen LogP contribution in [0.2, 0.25) is 5.02 Å². The Labute approximate surface area is 191 Å². The Bertz CT molecular complexity index is 1100. The SMILES string of the molecule is Cn1ccnc1[C@@H](NC(=O)[C@@H]1CCCN(C(=O)c2ccc(F)cc2)C1)c1ccc(Cl)cc1. The van der Waals surface area contributed by atoms with E-state index in [1.54, 1.807) is 23.2 Å². The third-order valence-corrected chi connectivity index (χ3v) is 6.03. The molecule has 8 heteroatoms. The van der Waals surface area contributed by atoms with Crippen molar-refractivity contribution in [1.82, 2.24) is 19.8 Å². The van der Waals surface area contributed by atoms with Crippen molar-refractivity contribution in [1.29, 1.82) is 0 Å². The standard InChI is InChI=1S/C24H24ClFN4O2/c1-29-14-12-27-22(29)21(16-4-8-19(25)9-5-16)28-23(31)18-3-2-13-30(15-18)24(32)17-6-10-20(26)11-7-17/h4-12,14,18,21H,2-3,13,15H2,1H3,(H,28,31)/t18-,21+/m1/s1. The predicted molar refractivity (Wildman–Crippen MR) is 120 cm³/mol. The number of aryl methyl sites for hydroxylation is 1. The van der Waals surface area contributed by atoms with Crippen LogP contribution in [0.3, 0.4) is 0 Å². The number of likely N-dealkylation sites (tertiary alicyclic amines) is 1. The summed E-state index contributed by atoms with van der Waals surface area (Å²) in [5.41, 5.74) is 1.28. The highest BCUT2D eigenvalue weighted by atomic mass is 35.5. The van der Waals surface area contributed by atoms with Crippen LogP contribution >= 0.6 is 11.6 Å². The molecule has 6 nitrogen and oxygen atoms in total. The van der Waals surface area contributed by atoms with Gasteiger partial charge in [-0.25, -0.2) is 9.37 Å². The van der Waals surface area contributed by atoms with Gasteiger partial charge in [-0.1, -0.05) is 23.7 Å². The van der Waals surface area contributed by atoms with Gasteiger partial charge in [-0.3, -0.25) is 9.59 Å². The summed E-state index contributed by atoms with van der Waals surface area (Å²) in [6, 6.07) is 12.3. The first kappa shape index (κ1) is 22.0. The maximum atomic E-state index is 13.2. The number of hydrogen-bond donors (Lipinski definition) is 1. The highest BCUT2D eigenvalue weighted by Crippen LogP contribution is 2.25. The van der Waals surface area contributed by atoms with Gasteiger partial charge >= 0.3 is 0 Å². The fourth-order valence-electron chi connectivity index (χ4n) is 4.02. The van der Waals surface area contributed by atoms with Crippen molar-refractivity contribution >= 4 is 23.4 Å². The molecule has 2 amide bonds. The number of rotatable bonds is 5. The van der Waals surface area contributed by atoms with E-state index in [1.165, 1.54) is 24.3 Å². The molecule has 1 aromatic heterocycles. The predicted octanol–water partition coefficient (Wildman–Crippen LogP) is 3.97. The number of carbonyl (C=O) groups is 2. The molecule has 2 atom stereocenters. The van der Waals surface area contributed by atoms with E-state index in [4.69, 9.17) is 11.6 Å². The number of benzene rings is 2. The molecular weight excluding hydrogens is 431 g/mol. The molecule has 1 N–H and O–H groups in total. The molecule has 2 aromatic carbocycles. The number of halogens is 2. The fourth-order valence-corrected chi connectivity index (χ4v) is 4.14. The number of aromatic nitrogens is 2. The summed E-state index contributed by atoms with van der Waals surface area (Å²) < 4.78 is 15.1. The first-order valence-electron chi connectivity index (χ1n) is 10.5. The number of imidazole rings is 1. The van der Waals surface area contributed by atoms with Crippen LogP contribution < -0.4 is 5.32 Å². The third kappa shape index (κ3) is 4.83. The number of carbonyl (C=O) groups excluding carboxylic acids is 2. The van der Waals surface area contributed by atoms with Gasteiger partial charge in [-0.2, -0.15) is 0 Å². The van der Waals surface area contributed by atoms with Crippen LogP contribution in [0, 0.1) is 11.7 Å². The van der Waals surface area contributed by atoms with Crippen molar-refractivity contribution in [2.24, 2.45) is 13.0 Å². The number of nitrogens with one attached hydrogen (secondary N) is 1. The highest BCUT2D eigenvalue weighted by molar-refractivity contribution is 6.30. The van der Waals surface area contributed by atoms with Crippen molar-refractivity contribution in [3.05, 3.63) is 88.7 Å². The molecule has 3 aromatic rings. The van der Waals surface area contributed by atoms with Crippen LogP contribution in [-0.4, -0.2) is 39.4 Å². The molecule has 0 unspecified atom stereocenters. The highest BCUT2D eigenvalue weighted by Gasteiger charge is 2.31. The van der Waals surface area contributed by atoms with Crippen molar-refractivity contribution in [3.63, 3.8) is 0 Å². The molecule has 1 fully saturated rings. The smallest absolute Gasteiger partial charge is 0.253 e. The minimum absolute atomic E-state index is 0.135. The van der Waals surface area contributed by atoms with Gasteiger partial charge in [0.25, 0.3) is 5.91 Å². The Kier molecular flexibility index (Phi) is 6.55. The lowest BCUT2D eigenvalue weighted by molar-refractivity contribution is -0.126. The second kappa shape index (κ2) is 9.53. The fraction of sp³-hybridized carbons (Fsp3) is 0.292. The molecule has 1 saturated heterocycles. The van der Waals surface area contributed by atoms with E-state index >= 15 is 0 Å². The van der Waals surface area contributed by atoms with Gasteiger partial charge in [0.2, 0.25) is 5.91 Å². The summed E-state index contributed by atoms with van der Waals surface area (Å²) in [5, 5.41) is 3.73. The minimum atomic E-state index is -0.442. The van der Waals surface area contributed by atoms with E-state index in [-0.39, 0.29) is 23.5 Å². The number of hydrogen-bond acceptors (Lipinski definition) is 3. The van der Waals surface area contributed by atoms with Crippen LogP contribution in [0.4, 0.5) is 4.39 Å². The lowest BCUT2D eigenvalue weighted by atomic mass is 9.95. The molecule has 166 valence electrons. The minimum Gasteiger partial charge on any atom is -0.342 e. The normalized spacial score (nSPS) is 17.1. The molecule has 0 radical (unpaired) electrons. The summed E-state index contributed by atoms with van der Waals surface area (Å²) in [4.78, 5) is 32.2. The Morgan fingerprint density at radius 2 is 1.88 bits per heavy atom. The quantitative estimate of drug-likeness (QED) is 0.634. The van der Waals surface area contributed by atoms with Crippen molar-refractivity contribution in [3.8, 4) is 0 Å². The van der Waals surface area contributed by atoms with E-state index in [0.29, 0.717) is 35.9 Å². The third-order valence-electron chi connectivity index (χ3n) is 5.78. The average Bonchev–Trinajstić information content (AvgIpc) is 3.23. The van der Waals surface area contributed by atoms with Gasteiger partial charge < -0.3 is 14.8 Å². The average molecular weight is 455 g/mol. The van der Waals surface area contributed by atoms with E-state index in [0.717, 1.165) is 12.0 Å². The topological polar surface area (TPSA) is 67.2 Å². The molecule has 0 spiro atoms. The van der Waals surface area contributed by atoms with Gasteiger partial charge in [-0.05, 0) is 54.8 Å². The van der Waals surface area contributed by atoms with Gasteiger partial charge in [-0.15, -0.1) is 0 Å². The van der Waals surface area contributed by atoms with Crippen LogP contribution in [0.1, 0.15) is 40.6 Å². The molecule has 1 aliphatic rings. The first-order valence-corrected chi connectivity index (χ1v) is 10.9. The van der Waals surface area contributed by atoms with E-state index in [9.17, 15) is 14.0 Å². The zero-order valence-electron chi connectivity index (χ0n) is 17.7. The van der Waals surface area contributed by atoms with Crippen molar-refractivity contribution in [2.45, 2.75) is 18.9 Å². The second-order valence-electron chi connectivity index (χ2n) is 7.99. The second-order valence-corrected chi connectivity index (χ2v) is 8.42. The molecular formula is C24H24ClFN4O2. The van der Waals surface area contributed by atoms with Crippen LogP contribution in [0.25, 0.3) is 0 Å². The maximum absolute atomic E-state index is 13.2. The Morgan fingerprint density at radius 1 is 1.16 bits per heavy atom. The van der Waals surface area contributed by atoms with Gasteiger partial charge in [0.05, 0.1) is 5.92 Å². The molecule has 0 bridgehead atoms. The molecule has 2 heterocycles. The summed E-state index contributed by atoms with van der Waals surface area (Å²) in [6.07, 6.45) is 4.92. The molecule has 32 heavy (non-hydrogen) atoms. The molecule has 0 aliphatic carbocycles. The molecule has 1 aliphatic heterocycles. The van der Waals surface area contributed by atoms with Gasteiger partial charge in [0, 0.05) is 43.1 Å². The number of amides is 2. The summed E-state index contributed by atoms with van der Waals surface area (Å²) in [7, 11) is 1.88. The van der Waals surface area contributed by atoms with E-state index in [2.05, 4.69) is 10.3 Å². The van der Waals surface area contributed by atoms with Crippen molar-refractivity contribution < 1.29 is 14.0 Å². The zero-order chi connectivity index (χ0) is 22.7. The van der Waals surface area contributed by atoms with E-state index in [1.807, 2.05) is 29.9 Å². The molecule has 4 rings (SSSR count). The van der Waals surface area contributed by atoms with Crippen LogP contribution in [0.5, 0.6) is 0 Å². The van der Waals surface area contributed by atoms with Gasteiger partial charge in [0.15, 0.2) is 0 Å². The van der Waals surface area contributed by atoms with Crippen molar-refractivity contribution in [2.75, 3.05) is 13.1 Å². The van der Waals surface area contributed by atoms with Gasteiger partial charge in [0.1, 0.15) is 17.7 Å². The number of piperidine rings is 1. The van der Waals surface area contributed by atoms with Crippen LogP contribution in [0.15, 0.2) is 60.9 Å².